The van der Waals surface area contributed by atoms with Crippen molar-refractivity contribution in [2.45, 2.75) is 58.2 Å². The normalized spacial score (nSPS) is 21.4. The van der Waals surface area contributed by atoms with E-state index in [9.17, 15) is 19.5 Å². The van der Waals surface area contributed by atoms with Crippen LogP contribution in [-0.4, -0.2) is 73.0 Å². The quantitative estimate of drug-likeness (QED) is 0.557. The van der Waals surface area contributed by atoms with Gasteiger partial charge in [0.05, 0.1) is 0 Å². The van der Waals surface area contributed by atoms with Gasteiger partial charge in [-0.05, 0) is 39.5 Å². The molecule has 4 rings (SSSR count). The SMILES string of the molecule is CC(C)=CCn1c(N2CCCC(NCN3CCCC3C(=O)O)C2)nc2c1c(=O)n(C)c(=O)n2C. The molecule has 0 aliphatic carbocycles. The van der Waals surface area contributed by atoms with E-state index >= 15 is 0 Å². The molecule has 186 valence electrons. The zero-order chi connectivity index (χ0) is 24.6. The second-order valence-corrected chi connectivity index (χ2v) is 9.64. The largest absolute Gasteiger partial charge is 0.480 e. The Hall–Kier alpha value is -2.92. The summed E-state index contributed by atoms with van der Waals surface area (Å²) in [6.07, 6.45) is 5.57. The van der Waals surface area contributed by atoms with Crippen LogP contribution >= 0.6 is 0 Å². The average molecular weight is 474 g/mol. The molecule has 0 saturated carbocycles. The number of imidazole rings is 1. The number of hydrogen-bond donors (Lipinski definition) is 2. The Labute approximate surface area is 198 Å². The first-order valence-corrected chi connectivity index (χ1v) is 11.9. The molecule has 2 unspecified atom stereocenters. The Morgan fingerprint density at radius 3 is 2.59 bits per heavy atom. The molecule has 0 bridgehead atoms. The summed E-state index contributed by atoms with van der Waals surface area (Å²) in [4.78, 5) is 46.0. The molecule has 2 aromatic rings. The van der Waals surface area contributed by atoms with E-state index in [2.05, 4.69) is 10.2 Å². The van der Waals surface area contributed by atoms with Crippen molar-refractivity contribution in [3.05, 3.63) is 32.5 Å². The summed E-state index contributed by atoms with van der Waals surface area (Å²) in [5, 5.41) is 13.0. The predicted molar refractivity (Wildman–Crippen MR) is 130 cm³/mol. The van der Waals surface area contributed by atoms with Crippen LogP contribution in [0.2, 0.25) is 0 Å². The van der Waals surface area contributed by atoms with Gasteiger partial charge in [0.1, 0.15) is 6.04 Å². The number of nitrogens with one attached hydrogen (secondary N) is 1. The van der Waals surface area contributed by atoms with Gasteiger partial charge < -0.3 is 14.6 Å². The van der Waals surface area contributed by atoms with Crippen LogP contribution in [0, 0.1) is 0 Å². The Morgan fingerprint density at radius 2 is 1.88 bits per heavy atom. The van der Waals surface area contributed by atoms with Crippen LogP contribution in [0.15, 0.2) is 21.2 Å². The van der Waals surface area contributed by atoms with E-state index in [1.165, 1.54) is 11.6 Å². The van der Waals surface area contributed by atoms with Crippen LogP contribution < -0.4 is 21.5 Å². The Morgan fingerprint density at radius 1 is 1.15 bits per heavy atom. The summed E-state index contributed by atoms with van der Waals surface area (Å²) < 4.78 is 4.47. The van der Waals surface area contributed by atoms with Gasteiger partial charge in [-0.25, -0.2) is 4.79 Å². The van der Waals surface area contributed by atoms with Gasteiger partial charge >= 0.3 is 11.7 Å². The lowest BCUT2D eigenvalue weighted by Crippen LogP contribution is -2.51. The van der Waals surface area contributed by atoms with Gasteiger partial charge in [0.15, 0.2) is 11.2 Å². The Balaban J connectivity index is 1.62. The third kappa shape index (κ3) is 4.54. The fourth-order valence-corrected chi connectivity index (χ4v) is 4.99. The number of fused-ring (bicyclic) bond motifs is 1. The van der Waals surface area contributed by atoms with Crippen molar-refractivity contribution >= 4 is 23.1 Å². The number of allylic oxidation sites excluding steroid dienone is 2. The lowest BCUT2D eigenvalue weighted by molar-refractivity contribution is -0.142. The number of carboxylic acid groups (broad SMARTS) is 1. The number of aliphatic carboxylic acids is 1. The van der Waals surface area contributed by atoms with Crippen LogP contribution in [0.3, 0.4) is 0 Å². The summed E-state index contributed by atoms with van der Waals surface area (Å²) in [5.41, 5.74) is 1.20. The molecule has 2 N–H and O–H groups in total. The molecule has 2 aliphatic rings. The standard InChI is InChI=1S/C23H35N7O4/c1-15(2)9-12-30-18-19(26(3)23(34)27(4)20(18)31)25-22(30)28-10-5-7-16(13-28)24-14-29-11-6-8-17(29)21(32)33/h9,16-17,24H,5-8,10-14H2,1-4H3,(H,32,33). The van der Waals surface area contributed by atoms with Crippen LogP contribution in [-0.2, 0) is 25.4 Å². The monoisotopic (exact) mass is 473 g/mol. The number of nitrogens with zero attached hydrogens (tertiary/aromatic N) is 6. The molecular formula is C23H35N7O4. The van der Waals surface area contributed by atoms with E-state index < -0.39 is 17.7 Å². The summed E-state index contributed by atoms with van der Waals surface area (Å²) in [6.45, 7) is 7.33. The second kappa shape index (κ2) is 9.75. The minimum atomic E-state index is -0.759. The lowest BCUT2D eigenvalue weighted by Gasteiger charge is -2.35. The van der Waals surface area contributed by atoms with Gasteiger partial charge in [-0.15, -0.1) is 0 Å². The van der Waals surface area contributed by atoms with Gasteiger partial charge in [-0.2, -0.15) is 4.98 Å². The zero-order valence-corrected chi connectivity index (χ0v) is 20.5. The second-order valence-electron chi connectivity index (χ2n) is 9.64. The topological polar surface area (TPSA) is 118 Å². The summed E-state index contributed by atoms with van der Waals surface area (Å²) in [7, 11) is 3.13. The Bertz CT molecular complexity index is 1220. The van der Waals surface area contributed by atoms with Gasteiger partial charge in [-0.1, -0.05) is 11.6 Å². The molecule has 4 heterocycles. The van der Waals surface area contributed by atoms with E-state index in [0.717, 1.165) is 42.5 Å². The van der Waals surface area contributed by atoms with E-state index in [0.29, 0.717) is 43.3 Å². The molecule has 0 spiro atoms. The fourth-order valence-electron chi connectivity index (χ4n) is 4.99. The maximum absolute atomic E-state index is 13.0. The zero-order valence-electron chi connectivity index (χ0n) is 20.5. The summed E-state index contributed by atoms with van der Waals surface area (Å²) >= 11 is 0. The van der Waals surface area contributed by atoms with Crippen LogP contribution in [0.5, 0.6) is 0 Å². The molecule has 34 heavy (non-hydrogen) atoms. The van der Waals surface area contributed by atoms with Gasteiger partial charge in [0.25, 0.3) is 5.56 Å². The number of carbonyl (C=O) groups is 1. The molecule has 2 atom stereocenters. The summed E-state index contributed by atoms with van der Waals surface area (Å²) in [6, 6.07) is -0.245. The molecule has 0 radical (unpaired) electrons. The molecule has 2 aliphatic heterocycles. The first-order chi connectivity index (χ1) is 16.2. The molecular weight excluding hydrogens is 438 g/mol. The average Bonchev–Trinajstić information content (AvgIpc) is 3.44. The number of anilines is 1. The van der Waals surface area contributed by atoms with E-state index in [-0.39, 0.29) is 11.6 Å². The van der Waals surface area contributed by atoms with Crippen LogP contribution in [0.1, 0.15) is 39.5 Å². The molecule has 0 amide bonds. The molecule has 11 heteroatoms. The van der Waals surface area contributed by atoms with Crippen molar-refractivity contribution in [3.63, 3.8) is 0 Å². The maximum atomic E-state index is 13.0. The molecule has 2 saturated heterocycles. The van der Waals surface area contributed by atoms with Crippen molar-refractivity contribution in [1.29, 1.82) is 0 Å². The van der Waals surface area contributed by atoms with Crippen LogP contribution in [0.25, 0.3) is 11.2 Å². The number of aromatic nitrogens is 4. The lowest BCUT2D eigenvalue weighted by atomic mass is 10.1. The third-order valence-electron chi connectivity index (χ3n) is 6.95. The highest BCUT2D eigenvalue weighted by Gasteiger charge is 2.32. The van der Waals surface area contributed by atoms with Crippen molar-refractivity contribution in [2.24, 2.45) is 14.1 Å². The summed E-state index contributed by atoms with van der Waals surface area (Å²) in [5.74, 6) is -0.0772. The minimum Gasteiger partial charge on any atom is -0.480 e. The maximum Gasteiger partial charge on any atom is 0.332 e. The molecule has 0 aromatic carbocycles. The van der Waals surface area contributed by atoms with Crippen molar-refractivity contribution in [2.75, 3.05) is 31.2 Å². The minimum absolute atomic E-state index is 0.173. The third-order valence-corrected chi connectivity index (χ3v) is 6.95. The highest BCUT2D eigenvalue weighted by molar-refractivity contribution is 5.75. The van der Waals surface area contributed by atoms with Crippen molar-refractivity contribution in [3.8, 4) is 0 Å². The highest BCUT2D eigenvalue weighted by atomic mass is 16.4. The number of hydrogen-bond acceptors (Lipinski definition) is 7. The van der Waals surface area contributed by atoms with Gasteiger partial charge in [0.2, 0.25) is 5.95 Å². The van der Waals surface area contributed by atoms with Gasteiger partial charge in [-0.3, -0.25) is 28.9 Å². The van der Waals surface area contributed by atoms with Gasteiger partial charge in [0, 0.05) is 53.0 Å². The first kappa shape index (κ1) is 24.2. The van der Waals surface area contributed by atoms with E-state index in [1.54, 1.807) is 7.05 Å². The highest BCUT2D eigenvalue weighted by Crippen LogP contribution is 2.24. The van der Waals surface area contributed by atoms with Crippen LogP contribution in [0.4, 0.5) is 5.95 Å². The first-order valence-electron chi connectivity index (χ1n) is 11.9. The Kier molecular flexibility index (Phi) is 6.94. The van der Waals surface area contributed by atoms with Crippen molar-refractivity contribution < 1.29 is 9.90 Å². The predicted octanol–water partition coefficient (Wildman–Crippen LogP) is 0.465. The number of carboxylic acids is 1. The fraction of sp³-hybridized carbons (Fsp3) is 0.652. The number of rotatable bonds is 7. The van der Waals surface area contributed by atoms with E-state index in [4.69, 9.17) is 4.98 Å². The number of piperidine rings is 1. The molecule has 2 fully saturated rings. The number of likely N-dealkylation sites (tertiary alicyclic amines) is 1. The molecule has 11 nitrogen and oxygen atoms in total. The van der Waals surface area contributed by atoms with E-state index in [1.807, 2.05) is 29.4 Å². The van der Waals surface area contributed by atoms with Crippen molar-refractivity contribution in [1.82, 2.24) is 28.9 Å². The smallest absolute Gasteiger partial charge is 0.332 e. The number of aryl methyl sites for hydroxylation is 1. The molecule has 2 aromatic heterocycles.